The molecule has 0 amide bonds. The van der Waals surface area contributed by atoms with Gasteiger partial charge in [-0.15, -0.1) is 0 Å². The van der Waals surface area contributed by atoms with E-state index in [9.17, 15) is 16.8 Å². The average Bonchev–Trinajstić information content (AvgIpc) is 2.26. The molecule has 2 unspecified atom stereocenters. The topological polar surface area (TPSA) is 101 Å². The van der Waals surface area contributed by atoms with Crippen LogP contribution in [0, 0.1) is 0 Å². The van der Waals surface area contributed by atoms with E-state index in [4.69, 9.17) is 9.84 Å². The molecule has 0 aromatic carbocycles. The van der Waals surface area contributed by atoms with Gasteiger partial charge < -0.3 is 9.84 Å². The summed E-state index contributed by atoms with van der Waals surface area (Å²) in [5.41, 5.74) is 0. The van der Waals surface area contributed by atoms with Gasteiger partial charge >= 0.3 is 0 Å². The van der Waals surface area contributed by atoms with Crippen LogP contribution in [0.5, 0.6) is 0 Å². The lowest BCUT2D eigenvalue weighted by Crippen LogP contribution is -2.52. The summed E-state index contributed by atoms with van der Waals surface area (Å²) in [5.74, 6) is -0.836. The highest BCUT2D eigenvalue weighted by Gasteiger charge is 2.34. The Labute approximate surface area is 108 Å². The molecule has 1 fully saturated rings. The summed E-state index contributed by atoms with van der Waals surface area (Å²) < 4.78 is 52.5. The normalized spacial score (nSPS) is 27.3. The van der Waals surface area contributed by atoms with E-state index in [-0.39, 0.29) is 25.8 Å². The number of aliphatic hydroxyl groups is 1. The van der Waals surface area contributed by atoms with Crippen LogP contribution in [0.25, 0.3) is 0 Å². The van der Waals surface area contributed by atoms with Gasteiger partial charge in [-0.25, -0.2) is 16.8 Å². The van der Waals surface area contributed by atoms with Crippen molar-refractivity contribution in [1.29, 1.82) is 0 Å². The van der Waals surface area contributed by atoms with Crippen molar-refractivity contribution >= 4 is 19.9 Å². The molecule has 0 radical (unpaired) electrons. The summed E-state index contributed by atoms with van der Waals surface area (Å²) in [5, 5.41) is 8.98. The quantitative estimate of drug-likeness (QED) is 0.659. The maximum Gasteiger partial charge on any atom is 0.215 e. The van der Waals surface area contributed by atoms with Crippen molar-refractivity contribution < 1.29 is 26.7 Å². The molecule has 1 saturated heterocycles. The minimum Gasteiger partial charge on any atom is -0.394 e. The maximum atomic E-state index is 12.0. The van der Waals surface area contributed by atoms with E-state index in [0.717, 1.165) is 6.26 Å². The fourth-order valence-electron chi connectivity index (χ4n) is 1.66. The molecule has 1 aliphatic heterocycles. The number of sulfone groups is 1. The molecule has 1 rings (SSSR count). The Morgan fingerprint density at radius 1 is 1.28 bits per heavy atom. The molecular weight excluding hydrogens is 282 g/mol. The van der Waals surface area contributed by atoms with E-state index in [2.05, 4.69) is 0 Å². The second-order valence-corrected chi connectivity index (χ2v) is 8.80. The van der Waals surface area contributed by atoms with Gasteiger partial charge in [0.25, 0.3) is 0 Å². The number of sulfonamides is 1. The summed E-state index contributed by atoms with van der Waals surface area (Å²) in [6.45, 7) is 1.68. The first-order chi connectivity index (χ1) is 8.15. The first kappa shape index (κ1) is 15.8. The van der Waals surface area contributed by atoms with E-state index in [0.29, 0.717) is 0 Å². The van der Waals surface area contributed by atoms with E-state index in [1.54, 1.807) is 6.92 Å². The fraction of sp³-hybridized carbons (Fsp3) is 1.00. The van der Waals surface area contributed by atoms with Crippen molar-refractivity contribution in [2.24, 2.45) is 0 Å². The van der Waals surface area contributed by atoms with Crippen molar-refractivity contribution in [3.05, 3.63) is 0 Å². The zero-order valence-corrected chi connectivity index (χ0v) is 12.1. The number of ether oxygens (including phenoxy) is 1. The molecule has 1 heterocycles. The van der Waals surface area contributed by atoms with Crippen LogP contribution in [0.15, 0.2) is 0 Å². The lowest BCUT2D eigenvalue weighted by Gasteiger charge is -2.36. The Kier molecular flexibility index (Phi) is 5.13. The highest BCUT2D eigenvalue weighted by atomic mass is 32.2. The van der Waals surface area contributed by atoms with Gasteiger partial charge in [-0.2, -0.15) is 4.31 Å². The van der Waals surface area contributed by atoms with Crippen molar-refractivity contribution in [3.63, 3.8) is 0 Å². The van der Waals surface area contributed by atoms with Gasteiger partial charge in [0.05, 0.1) is 30.8 Å². The number of aliphatic hydroxyl groups excluding tert-OH is 1. The molecule has 0 spiro atoms. The Hall–Kier alpha value is -0.220. The van der Waals surface area contributed by atoms with E-state index < -0.39 is 37.5 Å². The van der Waals surface area contributed by atoms with Gasteiger partial charge in [-0.3, -0.25) is 0 Å². The molecule has 9 heteroatoms. The number of rotatable bonds is 5. The molecule has 0 saturated carbocycles. The van der Waals surface area contributed by atoms with Gasteiger partial charge in [-0.05, 0) is 6.92 Å². The Bertz CT molecular complexity index is 471. The number of hydrogen-bond donors (Lipinski definition) is 1. The predicted octanol–water partition coefficient (Wildman–Crippen LogP) is -1.56. The SMILES string of the molecule is CC1COC(CO)CN1S(=O)(=O)CCS(C)(=O)=O. The Morgan fingerprint density at radius 3 is 2.39 bits per heavy atom. The van der Waals surface area contributed by atoms with Crippen LogP contribution >= 0.6 is 0 Å². The lowest BCUT2D eigenvalue weighted by atomic mass is 10.2. The molecule has 0 aliphatic carbocycles. The van der Waals surface area contributed by atoms with Crippen molar-refractivity contribution in [2.45, 2.75) is 19.1 Å². The van der Waals surface area contributed by atoms with Crippen molar-refractivity contribution in [1.82, 2.24) is 4.31 Å². The molecule has 0 aromatic heterocycles. The van der Waals surface area contributed by atoms with Crippen LogP contribution in [0.3, 0.4) is 0 Å². The summed E-state index contributed by atoms with van der Waals surface area (Å²) in [7, 11) is -6.96. The van der Waals surface area contributed by atoms with E-state index >= 15 is 0 Å². The number of morpholine rings is 1. The van der Waals surface area contributed by atoms with Crippen LogP contribution < -0.4 is 0 Å². The van der Waals surface area contributed by atoms with Crippen molar-refractivity contribution in [3.8, 4) is 0 Å². The third-order valence-corrected chi connectivity index (χ3v) is 5.87. The smallest absolute Gasteiger partial charge is 0.215 e. The standard InChI is InChI=1S/C9H19NO6S2/c1-8-7-16-9(6-11)5-10(8)18(14,15)4-3-17(2,12)13/h8-9,11H,3-7H2,1-2H3. The monoisotopic (exact) mass is 301 g/mol. The van der Waals surface area contributed by atoms with E-state index in [1.807, 2.05) is 0 Å². The molecule has 7 nitrogen and oxygen atoms in total. The van der Waals surface area contributed by atoms with Crippen LogP contribution in [0.2, 0.25) is 0 Å². The largest absolute Gasteiger partial charge is 0.394 e. The summed E-state index contributed by atoms with van der Waals surface area (Å²) >= 11 is 0. The minimum absolute atomic E-state index is 0.0593. The third kappa shape index (κ3) is 4.47. The van der Waals surface area contributed by atoms with Crippen LogP contribution in [0.1, 0.15) is 6.92 Å². The maximum absolute atomic E-state index is 12.0. The van der Waals surface area contributed by atoms with Crippen LogP contribution in [-0.2, 0) is 24.6 Å². The van der Waals surface area contributed by atoms with Crippen molar-refractivity contribution in [2.75, 3.05) is 37.5 Å². The second kappa shape index (κ2) is 5.83. The molecule has 1 aliphatic rings. The first-order valence-electron chi connectivity index (χ1n) is 5.55. The molecule has 0 aromatic rings. The zero-order valence-electron chi connectivity index (χ0n) is 10.4. The van der Waals surface area contributed by atoms with Gasteiger partial charge in [-0.1, -0.05) is 0 Å². The molecule has 108 valence electrons. The van der Waals surface area contributed by atoms with E-state index in [1.165, 1.54) is 4.31 Å². The van der Waals surface area contributed by atoms with Gasteiger partial charge in [0.1, 0.15) is 9.84 Å². The van der Waals surface area contributed by atoms with Crippen LogP contribution in [0.4, 0.5) is 0 Å². The summed E-state index contributed by atoms with van der Waals surface area (Å²) in [4.78, 5) is 0. The predicted molar refractivity (Wildman–Crippen MR) is 66.5 cm³/mol. The highest BCUT2D eigenvalue weighted by Crippen LogP contribution is 2.16. The minimum atomic E-state index is -3.65. The molecule has 18 heavy (non-hydrogen) atoms. The number of nitrogens with zero attached hydrogens (tertiary/aromatic N) is 1. The molecule has 0 bridgehead atoms. The Balaban J connectivity index is 2.76. The van der Waals surface area contributed by atoms with Gasteiger partial charge in [0.15, 0.2) is 0 Å². The lowest BCUT2D eigenvalue weighted by molar-refractivity contribution is -0.0515. The highest BCUT2D eigenvalue weighted by molar-refractivity contribution is 7.93. The summed E-state index contributed by atoms with van der Waals surface area (Å²) in [6, 6.07) is -0.350. The Morgan fingerprint density at radius 2 is 1.89 bits per heavy atom. The molecule has 2 atom stereocenters. The number of hydrogen-bond acceptors (Lipinski definition) is 6. The molecule has 1 N–H and O–H groups in total. The zero-order chi connectivity index (χ0) is 14.0. The second-order valence-electron chi connectivity index (χ2n) is 4.50. The van der Waals surface area contributed by atoms with Gasteiger partial charge in [0.2, 0.25) is 10.0 Å². The van der Waals surface area contributed by atoms with Gasteiger partial charge in [0, 0.05) is 18.8 Å². The molecular formula is C9H19NO6S2. The third-order valence-electron chi connectivity index (χ3n) is 2.72. The fourth-order valence-corrected chi connectivity index (χ4v) is 4.95. The first-order valence-corrected chi connectivity index (χ1v) is 9.22. The summed E-state index contributed by atoms with van der Waals surface area (Å²) in [6.07, 6.45) is 0.455. The average molecular weight is 301 g/mol. The van der Waals surface area contributed by atoms with Crippen LogP contribution in [-0.4, -0.2) is 75.9 Å².